The van der Waals surface area contributed by atoms with Crippen LogP contribution in [0, 0.1) is 12.7 Å². The molecule has 2 aromatic carbocycles. The highest BCUT2D eigenvalue weighted by Crippen LogP contribution is 2.37. The largest absolute Gasteiger partial charge is 0.416 e. The van der Waals surface area contributed by atoms with Gasteiger partial charge in [0.25, 0.3) is 0 Å². The van der Waals surface area contributed by atoms with Crippen LogP contribution in [-0.4, -0.2) is 21.0 Å². The van der Waals surface area contributed by atoms with Gasteiger partial charge in [0.15, 0.2) is 0 Å². The van der Waals surface area contributed by atoms with Gasteiger partial charge in [0.2, 0.25) is 11.8 Å². The molecule has 168 valence electrons. The zero-order valence-electron chi connectivity index (χ0n) is 17.2. The molecule has 4 aromatic rings. The minimum absolute atomic E-state index is 0.0971. The summed E-state index contributed by atoms with van der Waals surface area (Å²) in [4.78, 5) is 20.7. The molecular formula is C23H16F4N4O2. The van der Waals surface area contributed by atoms with Crippen molar-refractivity contribution in [2.45, 2.75) is 19.5 Å². The van der Waals surface area contributed by atoms with E-state index in [9.17, 15) is 22.4 Å². The molecule has 1 N–H and O–H groups in total. The van der Waals surface area contributed by atoms with E-state index in [0.29, 0.717) is 22.4 Å². The molecule has 0 unspecified atom stereocenters. The van der Waals surface area contributed by atoms with Crippen molar-refractivity contribution < 1.29 is 26.9 Å². The molecule has 4 rings (SSSR count). The van der Waals surface area contributed by atoms with Crippen LogP contribution in [0.2, 0.25) is 0 Å². The maximum Gasteiger partial charge on any atom is 0.416 e. The number of carbonyl (C=O) groups excluding carboxylic acids is 1. The van der Waals surface area contributed by atoms with Crippen LogP contribution in [-0.2, 0) is 17.4 Å². The second-order valence-electron chi connectivity index (χ2n) is 7.17. The third kappa shape index (κ3) is 4.74. The number of aromatic nitrogens is 3. The molecule has 2 aromatic heterocycles. The molecule has 0 spiro atoms. The third-order valence-electron chi connectivity index (χ3n) is 4.89. The molecule has 6 nitrogen and oxygen atoms in total. The predicted molar refractivity (Wildman–Crippen MR) is 111 cm³/mol. The quantitative estimate of drug-likeness (QED) is 0.404. The summed E-state index contributed by atoms with van der Waals surface area (Å²) in [6.45, 7) is 1.59. The minimum atomic E-state index is -4.59. The maximum absolute atomic E-state index is 13.7. The molecule has 0 aliphatic carbocycles. The molecular weight excluding hydrogens is 440 g/mol. The van der Waals surface area contributed by atoms with Crippen molar-refractivity contribution >= 4 is 11.8 Å². The molecule has 33 heavy (non-hydrogen) atoms. The van der Waals surface area contributed by atoms with Crippen molar-refractivity contribution in [2.75, 3.05) is 5.32 Å². The van der Waals surface area contributed by atoms with Crippen molar-refractivity contribution in [1.82, 2.24) is 15.1 Å². The van der Waals surface area contributed by atoms with Gasteiger partial charge in [0, 0.05) is 11.8 Å². The summed E-state index contributed by atoms with van der Waals surface area (Å²) in [6, 6.07) is 10.7. The molecule has 2 heterocycles. The fourth-order valence-corrected chi connectivity index (χ4v) is 3.34. The minimum Gasteiger partial charge on any atom is -0.337 e. The zero-order chi connectivity index (χ0) is 23.6. The highest BCUT2D eigenvalue weighted by Gasteiger charge is 2.33. The van der Waals surface area contributed by atoms with Crippen molar-refractivity contribution in [3.8, 4) is 22.5 Å². The Morgan fingerprint density at radius 3 is 2.61 bits per heavy atom. The van der Waals surface area contributed by atoms with Crippen molar-refractivity contribution in [3.05, 3.63) is 83.6 Å². The molecule has 0 saturated carbocycles. The summed E-state index contributed by atoms with van der Waals surface area (Å²) >= 11 is 0. The predicted octanol–water partition coefficient (Wildman–Crippen LogP) is 5.45. The Hall–Kier alpha value is -4.08. The smallest absolute Gasteiger partial charge is 0.337 e. The van der Waals surface area contributed by atoms with E-state index in [4.69, 9.17) is 4.52 Å². The number of nitrogens with one attached hydrogen (secondary N) is 1. The first kappa shape index (κ1) is 22.1. The van der Waals surface area contributed by atoms with Crippen LogP contribution in [0.5, 0.6) is 0 Å². The summed E-state index contributed by atoms with van der Waals surface area (Å²) in [7, 11) is 0. The van der Waals surface area contributed by atoms with E-state index in [2.05, 4.69) is 20.4 Å². The Kier molecular flexibility index (Phi) is 5.91. The second kappa shape index (κ2) is 8.81. The lowest BCUT2D eigenvalue weighted by molar-refractivity contribution is -0.138. The van der Waals surface area contributed by atoms with Gasteiger partial charge in [-0.1, -0.05) is 23.4 Å². The number of anilines is 1. The number of hydrogen-bond acceptors (Lipinski definition) is 5. The van der Waals surface area contributed by atoms with E-state index in [0.717, 1.165) is 6.07 Å². The number of hydrogen-bond donors (Lipinski definition) is 1. The van der Waals surface area contributed by atoms with Crippen LogP contribution in [0.4, 0.5) is 23.4 Å². The highest BCUT2D eigenvalue weighted by molar-refractivity contribution is 5.97. The molecule has 0 bridgehead atoms. The monoisotopic (exact) mass is 456 g/mol. The van der Waals surface area contributed by atoms with Crippen LogP contribution in [0.25, 0.3) is 22.5 Å². The lowest BCUT2D eigenvalue weighted by atomic mass is 10.0. The number of alkyl halides is 3. The molecule has 0 atom stereocenters. The van der Waals surface area contributed by atoms with Gasteiger partial charge < -0.3 is 4.52 Å². The van der Waals surface area contributed by atoms with Gasteiger partial charge in [-0.25, -0.2) is 14.4 Å². The molecule has 1 amide bonds. The van der Waals surface area contributed by atoms with E-state index >= 15 is 0 Å². The maximum atomic E-state index is 13.7. The third-order valence-corrected chi connectivity index (χ3v) is 4.89. The van der Waals surface area contributed by atoms with Crippen LogP contribution in [0.15, 0.2) is 65.6 Å². The molecule has 0 radical (unpaired) electrons. The summed E-state index contributed by atoms with van der Waals surface area (Å²) in [5.41, 5.74) is 0.738. The second-order valence-corrected chi connectivity index (χ2v) is 7.17. The molecule has 0 aliphatic rings. The van der Waals surface area contributed by atoms with E-state index < -0.39 is 29.9 Å². The number of amides is 1. The van der Waals surface area contributed by atoms with Gasteiger partial charge in [0.05, 0.1) is 23.2 Å². The van der Waals surface area contributed by atoms with E-state index in [1.165, 1.54) is 42.9 Å². The van der Waals surface area contributed by atoms with E-state index in [-0.39, 0.29) is 17.1 Å². The van der Waals surface area contributed by atoms with Crippen molar-refractivity contribution in [2.24, 2.45) is 0 Å². The lowest BCUT2D eigenvalue weighted by Gasteiger charge is -2.12. The standard InChI is InChI=1S/C23H16F4N4O2/c1-13-10-15(6-7-17(13)24)21-20(18-8-9-28-12-29-18)22(33-31-21)30-19(32)11-14-4-2-3-5-16(14)23(25,26)27/h2-10,12H,11H2,1H3,(H,30,32). The zero-order valence-corrected chi connectivity index (χ0v) is 17.2. The number of halogens is 4. The Bertz CT molecular complexity index is 1300. The van der Waals surface area contributed by atoms with Crippen LogP contribution >= 0.6 is 0 Å². The fourth-order valence-electron chi connectivity index (χ4n) is 3.34. The van der Waals surface area contributed by atoms with Crippen LogP contribution in [0.3, 0.4) is 0 Å². The summed E-state index contributed by atoms with van der Waals surface area (Å²) in [5, 5.41) is 6.48. The van der Waals surface area contributed by atoms with Gasteiger partial charge >= 0.3 is 6.18 Å². The number of aryl methyl sites for hydroxylation is 1. The summed E-state index contributed by atoms with van der Waals surface area (Å²) in [5.74, 6) is -1.23. The Morgan fingerprint density at radius 1 is 1.12 bits per heavy atom. The lowest BCUT2D eigenvalue weighted by Crippen LogP contribution is -2.18. The first-order valence-corrected chi connectivity index (χ1v) is 9.71. The number of nitrogens with zero attached hydrogens (tertiary/aromatic N) is 3. The van der Waals surface area contributed by atoms with Crippen LogP contribution < -0.4 is 5.32 Å². The Morgan fingerprint density at radius 2 is 1.91 bits per heavy atom. The highest BCUT2D eigenvalue weighted by atomic mass is 19.4. The average Bonchev–Trinajstić information content (AvgIpc) is 3.19. The van der Waals surface area contributed by atoms with Gasteiger partial charge in [-0.05, 0) is 48.4 Å². The van der Waals surface area contributed by atoms with Gasteiger partial charge in [0.1, 0.15) is 17.8 Å². The van der Waals surface area contributed by atoms with E-state index in [1.54, 1.807) is 19.1 Å². The summed E-state index contributed by atoms with van der Waals surface area (Å²) in [6.07, 6.45) is -2.37. The fraction of sp³-hybridized carbons (Fsp3) is 0.130. The average molecular weight is 456 g/mol. The normalized spacial score (nSPS) is 11.4. The van der Waals surface area contributed by atoms with Gasteiger partial charge in [-0.2, -0.15) is 13.2 Å². The number of rotatable bonds is 5. The topological polar surface area (TPSA) is 80.9 Å². The number of benzene rings is 2. The van der Waals surface area contributed by atoms with Gasteiger partial charge in [-0.15, -0.1) is 0 Å². The Balaban J connectivity index is 1.70. The van der Waals surface area contributed by atoms with Crippen molar-refractivity contribution in [1.29, 1.82) is 0 Å². The van der Waals surface area contributed by atoms with Gasteiger partial charge in [-0.3, -0.25) is 10.1 Å². The van der Waals surface area contributed by atoms with Crippen LogP contribution in [0.1, 0.15) is 16.7 Å². The molecule has 10 heteroatoms. The number of carbonyl (C=O) groups is 1. The van der Waals surface area contributed by atoms with E-state index in [1.807, 2.05) is 0 Å². The first-order chi connectivity index (χ1) is 15.7. The molecule has 0 aliphatic heterocycles. The first-order valence-electron chi connectivity index (χ1n) is 9.71. The molecule has 0 saturated heterocycles. The Labute approximate surface area is 185 Å². The van der Waals surface area contributed by atoms with Crippen molar-refractivity contribution in [3.63, 3.8) is 0 Å². The summed E-state index contributed by atoms with van der Waals surface area (Å²) < 4.78 is 58.8. The molecule has 0 fully saturated rings. The SMILES string of the molecule is Cc1cc(-c2noc(NC(=O)Cc3ccccc3C(F)(F)F)c2-c2ccncn2)ccc1F.